The van der Waals surface area contributed by atoms with E-state index in [0.29, 0.717) is 12.5 Å². The summed E-state index contributed by atoms with van der Waals surface area (Å²) in [4.78, 5) is 38.4. The van der Waals surface area contributed by atoms with Gasteiger partial charge in [0.05, 0.1) is 17.6 Å². The molecule has 0 unspecified atom stereocenters. The van der Waals surface area contributed by atoms with Crippen LogP contribution in [0.4, 0.5) is 10.7 Å². The predicted octanol–water partition coefficient (Wildman–Crippen LogP) is 0.0743. The molecule has 3 fully saturated rings. The van der Waals surface area contributed by atoms with E-state index in [2.05, 4.69) is 14.9 Å². The summed E-state index contributed by atoms with van der Waals surface area (Å²) in [6.45, 7) is 3.15. The lowest BCUT2D eigenvalue weighted by Crippen LogP contribution is -2.52. The average Bonchev–Trinajstić information content (AvgIpc) is 3.36. The standard InChI is InChI=1S/C15H20N6O3/c22-13(18-24)10-6-16-14(17-7-10)20-8-12-5-11(20)9-21(12)15(23)19-3-1-2-4-19/h6-7,11-12,24H,1-5,8-9H2,(H,18,22)/t11-,12-/m1/s1. The van der Waals surface area contributed by atoms with Crippen molar-refractivity contribution in [2.75, 3.05) is 31.1 Å². The third kappa shape index (κ3) is 2.44. The van der Waals surface area contributed by atoms with Crippen molar-refractivity contribution >= 4 is 17.9 Å². The Morgan fingerprint density at radius 2 is 1.83 bits per heavy atom. The number of anilines is 1. The largest absolute Gasteiger partial charge is 0.334 e. The zero-order valence-corrected chi connectivity index (χ0v) is 13.3. The highest BCUT2D eigenvalue weighted by molar-refractivity contribution is 5.92. The topological polar surface area (TPSA) is 102 Å². The van der Waals surface area contributed by atoms with Gasteiger partial charge in [0, 0.05) is 38.6 Å². The summed E-state index contributed by atoms with van der Waals surface area (Å²) in [6, 6.07) is 0.585. The minimum Gasteiger partial charge on any atom is -0.334 e. The van der Waals surface area contributed by atoms with Crippen LogP contribution in [0.3, 0.4) is 0 Å². The van der Waals surface area contributed by atoms with Crippen molar-refractivity contribution in [2.45, 2.75) is 31.3 Å². The maximum Gasteiger partial charge on any atom is 0.320 e. The summed E-state index contributed by atoms with van der Waals surface area (Å²) in [5.41, 5.74) is 1.77. The molecule has 9 nitrogen and oxygen atoms in total. The van der Waals surface area contributed by atoms with Crippen molar-refractivity contribution < 1.29 is 14.8 Å². The number of nitrogens with one attached hydrogen (secondary N) is 1. The predicted molar refractivity (Wildman–Crippen MR) is 83.7 cm³/mol. The number of hydrogen-bond donors (Lipinski definition) is 2. The van der Waals surface area contributed by atoms with Crippen molar-refractivity contribution in [1.82, 2.24) is 25.2 Å². The number of amides is 3. The summed E-state index contributed by atoms with van der Waals surface area (Å²) < 4.78 is 0. The molecule has 4 rings (SSSR count). The Morgan fingerprint density at radius 1 is 1.12 bits per heavy atom. The van der Waals surface area contributed by atoms with E-state index < -0.39 is 5.91 Å². The molecule has 0 radical (unpaired) electrons. The lowest BCUT2D eigenvalue weighted by atomic mass is 10.2. The van der Waals surface area contributed by atoms with E-state index in [0.717, 1.165) is 38.9 Å². The van der Waals surface area contributed by atoms with Crippen LogP contribution in [0.15, 0.2) is 12.4 Å². The minimum absolute atomic E-state index is 0.163. The highest BCUT2D eigenvalue weighted by Crippen LogP contribution is 2.33. The number of fused-ring (bicyclic) bond motifs is 2. The first-order chi connectivity index (χ1) is 11.7. The first-order valence-electron chi connectivity index (χ1n) is 8.26. The Morgan fingerprint density at radius 3 is 2.42 bits per heavy atom. The molecular weight excluding hydrogens is 312 g/mol. The van der Waals surface area contributed by atoms with E-state index in [9.17, 15) is 9.59 Å². The van der Waals surface area contributed by atoms with Crippen LogP contribution in [0.2, 0.25) is 0 Å². The van der Waals surface area contributed by atoms with Crippen LogP contribution < -0.4 is 10.4 Å². The number of nitrogens with zero attached hydrogens (tertiary/aromatic N) is 5. The second kappa shape index (κ2) is 5.90. The van der Waals surface area contributed by atoms with Crippen LogP contribution >= 0.6 is 0 Å². The van der Waals surface area contributed by atoms with Gasteiger partial charge in [0.15, 0.2) is 0 Å². The highest BCUT2D eigenvalue weighted by Gasteiger charge is 2.47. The van der Waals surface area contributed by atoms with Gasteiger partial charge in [0.25, 0.3) is 5.91 Å². The molecule has 3 amide bonds. The molecule has 0 saturated carbocycles. The van der Waals surface area contributed by atoms with E-state index in [1.165, 1.54) is 12.4 Å². The molecule has 24 heavy (non-hydrogen) atoms. The van der Waals surface area contributed by atoms with Gasteiger partial charge in [-0.25, -0.2) is 20.2 Å². The number of carbonyl (C=O) groups is 2. The molecule has 3 aliphatic rings. The summed E-state index contributed by atoms with van der Waals surface area (Å²) in [5, 5.41) is 8.62. The Hall–Kier alpha value is -2.42. The lowest BCUT2D eigenvalue weighted by molar-refractivity contribution is 0.0705. The number of urea groups is 1. The van der Waals surface area contributed by atoms with E-state index in [-0.39, 0.29) is 23.7 Å². The maximum absolute atomic E-state index is 12.6. The molecule has 1 aromatic heterocycles. The lowest BCUT2D eigenvalue weighted by Gasteiger charge is -2.36. The molecule has 1 aromatic rings. The van der Waals surface area contributed by atoms with Gasteiger partial charge in [-0.1, -0.05) is 0 Å². The van der Waals surface area contributed by atoms with E-state index in [1.807, 2.05) is 9.80 Å². The van der Waals surface area contributed by atoms with Crippen molar-refractivity contribution in [1.29, 1.82) is 0 Å². The Kier molecular flexibility index (Phi) is 3.72. The van der Waals surface area contributed by atoms with Crippen molar-refractivity contribution in [2.24, 2.45) is 0 Å². The number of piperazine rings is 1. The molecular formula is C15H20N6O3. The quantitative estimate of drug-likeness (QED) is 0.587. The normalized spacial score (nSPS) is 25.5. The van der Waals surface area contributed by atoms with Gasteiger partial charge in [-0.2, -0.15) is 0 Å². The molecule has 9 heteroatoms. The van der Waals surface area contributed by atoms with Crippen LogP contribution in [0, 0.1) is 0 Å². The van der Waals surface area contributed by atoms with E-state index in [1.54, 1.807) is 5.48 Å². The molecule has 3 aliphatic heterocycles. The summed E-state index contributed by atoms with van der Waals surface area (Å²) >= 11 is 0. The Balaban J connectivity index is 1.42. The number of carbonyl (C=O) groups excluding carboxylic acids is 2. The number of rotatable bonds is 2. The Bertz CT molecular complexity index is 645. The summed E-state index contributed by atoms with van der Waals surface area (Å²) in [7, 11) is 0. The van der Waals surface area contributed by atoms with Gasteiger partial charge in [0.1, 0.15) is 0 Å². The van der Waals surface area contributed by atoms with Crippen LogP contribution in [0.1, 0.15) is 29.6 Å². The second-order valence-electron chi connectivity index (χ2n) is 6.54. The third-order valence-electron chi connectivity index (χ3n) is 5.12. The van der Waals surface area contributed by atoms with E-state index in [4.69, 9.17) is 5.21 Å². The number of hydroxylamine groups is 1. The van der Waals surface area contributed by atoms with Gasteiger partial charge < -0.3 is 14.7 Å². The monoisotopic (exact) mass is 332 g/mol. The van der Waals surface area contributed by atoms with Gasteiger partial charge in [-0.05, 0) is 19.3 Å². The fraction of sp³-hybridized carbons (Fsp3) is 0.600. The van der Waals surface area contributed by atoms with Gasteiger partial charge >= 0.3 is 6.03 Å². The highest BCUT2D eigenvalue weighted by atomic mass is 16.5. The van der Waals surface area contributed by atoms with Gasteiger partial charge in [-0.3, -0.25) is 10.0 Å². The van der Waals surface area contributed by atoms with Crippen LogP contribution in [-0.2, 0) is 0 Å². The molecule has 2 atom stereocenters. The second-order valence-corrected chi connectivity index (χ2v) is 6.54. The Labute approximate surface area is 139 Å². The molecule has 128 valence electrons. The molecule has 2 bridgehead atoms. The maximum atomic E-state index is 12.6. The zero-order chi connectivity index (χ0) is 16.7. The molecule has 0 aliphatic carbocycles. The molecule has 0 aromatic carbocycles. The molecule has 4 heterocycles. The summed E-state index contributed by atoms with van der Waals surface area (Å²) in [5.74, 6) is -0.0721. The number of aromatic nitrogens is 2. The zero-order valence-electron chi connectivity index (χ0n) is 13.3. The number of likely N-dealkylation sites (tertiary alicyclic amines) is 2. The average molecular weight is 332 g/mol. The van der Waals surface area contributed by atoms with Crippen LogP contribution in [0.5, 0.6) is 0 Å². The molecule has 2 N–H and O–H groups in total. The fourth-order valence-electron chi connectivity index (χ4n) is 3.89. The SMILES string of the molecule is O=C(NO)c1cnc(N2C[C@H]3C[C@@H]2CN3C(=O)N2CCCC2)nc1. The van der Waals surface area contributed by atoms with Gasteiger partial charge in [-0.15, -0.1) is 0 Å². The molecule has 3 saturated heterocycles. The first kappa shape index (κ1) is 15.1. The van der Waals surface area contributed by atoms with Crippen LogP contribution in [-0.4, -0.2) is 75.2 Å². The first-order valence-corrected chi connectivity index (χ1v) is 8.26. The van der Waals surface area contributed by atoms with E-state index >= 15 is 0 Å². The van der Waals surface area contributed by atoms with Gasteiger partial charge in [0.2, 0.25) is 5.95 Å². The summed E-state index contributed by atoms with van der Waals surface area (Å²) in [6.07, 6.45) is 5.92. The number of hydrogen-bond acceptors (Lipinski definition) is 6. The van der Waals surface area contributed by atoms with Crippen molar-refractivity contribution in [3.63, 3.8) is 0 Å². The molecule has 0 spiro atoms. The van der Waals surface area contributed by atoms with Crippen molar-refractivity contribution in [3.05, 3.63) is 18.0 Å². The fourth-order valence-corrected chi connectivity index (χ4v) is 3.89. The third-order valence-corrected chi connectivity index (χ3v) is 5.12. The smallest absolute Gasteiger partial charge is 0.320 e. The van der Waals surface area contributed by atoms with Crippen molar-refractivity contribution in [3.8, 4) is 0 Å². The van der Waals surface area contributed by atoms with Crippen LogP contribution in [0.25, 0.3) is 0 Å². The minimum atomic E-state index is -0.633.